The fourth-order valence-electron chi connectivity index (χ4n) is 3.68. The quantitative estimate of drug-likeness (QED) is 0.577. The van der Waals surface area contributed by atoms with Gasteiger partial charge < -0.3 is 10.2 Å². The van der Waals surface area contributed by atoms with Crippen LogP contribution in [0.15, 0.2) is 79.1 Å². The molecule has 1 N–H and O–H groups in total. The molecule has 5 rings (SSSR count). The zero-order valence-electron chi connectivity index (χ0n) is 15.2. The van der Waals surface area contributed by atoms with Crippen molar-refractivity contribution >= 4 is 34.0 Å². The largest absolute Gasteiger partial charge is 0.326 e. The minimum absolute atomic E-state index is 0.172. The molecule has 5 heteroatoms. The Morgan fingerprint density at radius 2 is 1.82 bits per heavy atom. The number of benzene rings is 2. The number of aromatic nitrogens is 2. The first-order valence-electron chi connectivity index (χ1n) is 9.26. The molecule has 0 saturated heterocycles. The lowest BCUT2D eigenvalue weighted by Gasteiger charge is -2.19. The topological polar surface area (TPSA) is 58.1 Å². The van der Waals surface area contributed by atoms with Gasteiger partial charge in [-0.1, -0.05) is 36.4 Å². The van der Waals surface area contributed by atoms with Gasteiger partial charge in [-0.3, -0.25) is 9.78 Å². The predicted molar refractivity (Wildman–Crippen MR) is 111 cm³/mol. The van der Waals surface area contributed by atoms with Crippen molar-refractivity contribution in [2.24, 2.45) is 0 Å². The number of hydrogen-bond acceptors (Lipinski definition) is 4. The summed E-state index contributed by atoms with van der Waals surface area (Å²) >= 11 is 0. The van der Waals surface area contributed by atoms with Crippen LogP contribution in [0.3, 0.4) is 0 Å². The number of hydrogen-bond donors (Lipinski definition) is 1. The van der Waals surface area contributed by atoms with Crippen LogP contribution >= 0.6 is 0 Å². The third-order valence-corrected chi connectivity index (χ3v) is 5.05. The number of nitrogens with one attached hydrogen (secondary N) is 1. The van der Waals surface area contributed by atoms with E-state index in [0.717, 1.165) is 35.4 Å². The molecule has 0 radical (unpaired) electrons. The van der Waals surface area contributed by atoms with Crippen LogP contribution in [0.1, 0.15) is 15.9 Å². The van der Waals surface area contributed by atoms with Crippen LogP contribution in [-0.2, 0) is 6.42 Å². The first-order chi connectivity index (χ1) is 13.8. The van der Waals surface area contributed by atoms with E-state index in [-0.39, 0.29) is 5.91 Å². The van der Waals surface area contributed by atoms with Gasteiger partial charge in [-0.25, -0.2) is 4.98 Å². The number of carbonyl (C=O) groups excluding carboxylic acids is 1. The zero-order valence-corrected chi connectivity index (χ0v) is 15.2. The summed E-state index contributed by atoms with van der Waals surface area (Å²) in [6.45, 7) is 0.866. The highest BCUT2D eigenvalue weighted by Gasteiger charge is 2.21. The molecular formula is C23H18N4O. The van der Waals surface area contributed by atoms with Crippen LogP contribution in [0, 0.1) is 0 Å². The van der Waals surface area contributed by atoms with Crippen molar-refractivity contribution in [3.8, 4) is 0 Å². The molecule has 5 nitrogen and oxygen atoms in total. The van der Waals surface area contributed by atoms with Gasteiger partial charge in [0.25, 0.3) is 5.91 Å². The van der Waals surface area contributed by atoms with E-state index in [4.69, 9.17) is 0 Å². The molecule has 0 atom stereocenters. The smallest absolute Gasteiger partial charge is 0.255 e. The van der Waals surface area contributed by atoms with Crippen LogP contribution in [0.2, 0.25) is 0 Å². The van der Waals surface area contributed by atoms with E-state index in [9.17, 15) is 4.79 Å². The van der Waals surface area contributed by atoms with Crippen LogP contribution in [0.25, 0.3) is 10.9 Å². The Balaban J connectivity index is 1.44. The van der Waals surface area contributed by atoms with Crippen molar-refractivity contribution in [2.75, 3.05) is 16.8 Å². The lowest BCUT2D eigenvalue weighted by atomic mass is 10.1. The van der Waals surface area contributed by atoms with Gasteiger partial charge in [-0.15, -0.1) is 0 Å². The number of pyridine rings is 2. The molecule has 1 aliphatic heterocycles. The average molecular weight is 366 g/mol. The van der Waals surface area contributed by atoms with E-state index in [2.05, 4.69) is 38.4 Å². The first-order valence-corrected chi connectivity index (χ1v) is 9.26. The summed E-state index contributed by atoms with van der Waals surface area (Å²) in [5.74, 6) is 0.614. The average Bonchev–Trinajstić information content (AvgIpc) is 3.18. The summed E-state index contributed by atoms with van der Waals surface area (Å²) in [5, 5.41) is 3.98. The molecule has 0 aliphatic carbocycles. The lowest BCUT2D eigenvalue weighted by molar-refractivity contribution is 0.102. The Morgan fingerprint density at radius 3 is 2.79 bits per heavy atom. The highest BCUT2D eigenvalue weighted by atomic mass is 16.1. The van der Waals surface area contributed by atoms with Gasteiger partial charge in [-0.2, -0.15) is 0 Å². The zero-order chi connectivity index (χ0) is 18.9. The van der Waals surface area contributed by atoms with E-state index >= 15 is 0 Å². The predicted octanol–water partition coefficient (Wildman–Crippen LogP) is 4.58. The second-order valence-corrected chi connectivity index (χ2v) is 6.77. The first kappa shape index (κ1) is 16.4. The molecule has 0 fully saturated rings. The Morgan fingerprint density at radius 1 is 0.929 bits per heavy atom. The second kappa shape index (κ2) is 6.78. The van der Waals surface area contributed by atoms with Gasteiger partial charge in [0, 0.05) is 35.6 Å². The standard InChI is InChI=1S/C23H18N4O/c28-23(26-19-8-3-6-17-7-4-12-25-22(17)19)18-10-13-24-21(15-18)27-14-11-16-5-1-2-9-20(16)27/h1-10,12-13,15H,11,14H2,(H,26,28). The number of rotatable bonds is 3. The van der Waals surface area contributed by atoms with Crippen LogP contribution in [-0.4, -0.2) is 22.4 Å². The maximum absolute atomic E-state index is 12.9. The summed E-state index contributed by atoms with van der Waals surface area (Å²) in [7, 11) is 0. The number of carbonyl (C=O) groups is 1. The molecule has 2 aromatic heterocycles. The maximum atomic E-state index is 12.9. The Bertz CT molecular complexity index is 1180. The summed E-state index contributed by atoms with van der Waals surface area (Å²) in [6, 6.07) is 21.5. The molecule has 2 aromatic carbocycles. The Hall–Kier alpha value is -3.73. The number of para-hydroxylation sites is 2. The van der Waals surface area contributed by atoms with Crippen molar-refractivity contribution in [1.82, 2.24) is 9.97 Å². The minimum atomic E-state index is -0.172. The van der Waals surface area contributed by atoms with Gasteiger partial charge in [0.2, 0.25) is 0 Å². The van der Waals surface area contributed by atoms with E-state index in [1.165, 1.54) is 5.56 Å². The Kier molecular flexibility index (Phi) is 3.98. The molecule has 0 unspecified atom stereocenters. The van der Waals surface area contributed by atoms with E-state index in [0.29, 0.717) is 11.3 Å². The van der Waals surface area contributed by atoms with Crippen molar-refractivity contribution in [2.45, 2.75) is 6.42 Å². The van der Waals surface area contributed by atoms with Crippen LogP contribution in [0.4, 0.5) is 17.2 Å². The number of fused-ring (bicyclic) bond motifs is 2. The van der Waals surface area contributed by atoms with Gasteiger partial charge in [0.1, 0.15) is 5.82 Å². The highest BCUT2D eigenvalue weighted by molar-refractivity contribution is 6.08. The van der Waals surface area contributed by atoms with Gasteiger partial charge in [0.15, 0.2) is 0 Å². The molecule has 0 saturated carbocycles. The van der Waals surface area contributed by atoms with Crippen molar-refractivity contribution in [3.63, 3.8) is 0 Å². The van der Waals surface area contributed by atoms with Crippen LogP contribution in [0.5, 0.6) is 0 Å². The molecule has 1 aliphatic rings. The monoisotopic (exact) mass is 366 g/mol. The minimum Gasteiger partial charge on any atom is -0.326 e. The summed E-state index contributed by atoms with van der Waals surface area (Å²) in [6.07, 6.45) is 4.40. The van der Waals surface area contributed by atoms with Gasteiger partial charge in [-0.05, 0) is 42.3 Å². The van der Waals surface area contributed by atoms with Gasteiger partial charge >= 0.3 is 0 Å². The summed E-state index contributed by atoms with van der Waals surface area (Å²) < 4.78 is 0. The lowest BCUT2D eigenvalue weighted by Crippen LogP contribution is -2.17. The van der Waals surface area contributed by atoms with E-state index in [1.807, 2.05) is 42.5 Å². The van der Waals surface area contributed by atoms with Crippen molar-refractivity contribution in [3.05, 3.63) is 90.3 Å². The van der Waals surface area contributed by atoms with Crippen LogP contribution < -0.4 is 10.2 Å². The SMILES string of the molecule is O=C(Nc1cccc2cccnc12)c1ccnc(N2CCc3ccccc32)c1. The second-order valence-electron chi connectivity index (χ2n) is 6.77. The molecule has 136 valence electrons. The third-order valence-electron chi connectivity index (χ3n) is 5.05. The molecule has 4 aromatic rings. The number of anilines is 3. The molecular weight excluding hydrogens is 348 g/mol. The molecule has 3 heterocycles. The molecule has 0 bridgehead atoms. The summed E-state index contributed by atoms with van der Waals surface area (Å²) in [5.41, 5.74) is 4.52. The Labute approximate surface area is 162 Å². The highest BCUT2D eigenvalue weighted by Crippen LogP contribution is 2.33. The van der Waals surface area contributed by atoms with E-state index in [1.54, 1.807) is 18.5 Å². The number of nitrogens with zero attached hydrogens (tertiary/aromatic N) is 3. The number of amides is 1. The normalized spacial score (nSPS) is 12.8. The fraction of sp³-hybridized carbons (Fsp3) is 0.0870. The molecule has 1 amide bonds. The molecule has 0 spiro atoms. The summed E-state index contributed by atoms with van der Waals surface area (Å²) in [4.78, 5) is 23.9. The molecule has 28 heavy (non-hydrogen) atoms. The third kappa shape index (κ3) is 2.87. The van der Waals surface area contributed by atoms with Crippen molar-refractivity contribution < 1.29 is 4.79 Å². The maximum Gasteiger partial charge on any atom is 0.255 e. The van der Waals surface area contributed by atoms with Crippen molar-refractivity contribution in [1.29, 1.82) is 0 Å². The van der Waals surface area contributed by atoms with E-state index < -0.39 is 0 Å². The fourth-order valence-corrected chi connectivity index (χ4v) is 3.68. The van der Waals surface area contributed by atoms with Gasteiger partial charge in [0.05, 0.1) is 11.2 Å².